The minimum absolute atomic E-state index is 1.16. The van der Waals surface area contributed by atoms with Gasteiger partial charge in [0, 0.05) is 4.88 Å². The van der Waals surface area contributed by atoms with Crippen LogP contribution in [0.1, 0.15) is 25.1 Å². The zero-order chi connectivity index (χ0) is 8.55. The molecule has 0 fully saturated rings. The van der Waals surface area contributed by atoms with E-state index in [0.29, 0.717) is 0 Å². The Labute approximate surface area is 77.2 Å². The quantitative estimate of drug-likeness (QED) is 0.609. The van der Waals surface area contributed by atoms with Gasteiger partial charge in [0.05, 0.1) is 0 Å². The topological polar surface area (TPSA) is 0 Å². The van der Waals surface area contributed by atoms with Crippen molar-refractivity contribution in [1.29, 1.82) is 0 Å². The van der Waals surface area contributed by atoms with Crippen LogP contribution in [-0.4, -0.2) is 0 Å². The number of rotatable bonds is 1. The minimum Gasteiger partial charge on any atom is -0.144 e. The number of thiophene rings is 1. The van der Waals surface area contributed by atoms with Gasteiger partial charge in [-0.1, -0.05) is 23.3 Å². The Bertz CT molecular complexity index is 339. The molecule has 0 spiro atoms. The number of hydrogen-bond donors (Lipinski definition) is 0. The molecule has 0 saturated carbocycles. The van der Waals surface area contributed by atoms with Gasteiger partial charge in [0.25, 0.3) is 0 Å². The van der Waals surface area contributed by atoms with Gasteiger partial charge >= 0.3 is 0 Å². The summed E-state index contributed by atoms with van der Waals surface area (Å²) < 4.78 is 0. The Morgan fingerprint density at radius 2 is 2.17 bits per heavy atom. The monoisotopic (exact) mass is 176 g/mol. The standard InChI is InChI=1S/C11H12S/c1-8-6-9(2)10(7-8)11-4-3-5-12-11/h3-5,7H,6H2,1-2H3. The van der Waals surface area contributed by atoms with Crippen molar-refractivity contribution in [3.63, 3.8) is 0 Å². The molecule has 0 unspecified atom stereocenters. The predicted molar refractivity (Wildman–Crippen MR) is 55.3 cm³/mol. The van der Waals surface area contributed by atoms with Gasteiger partial charge in [-0.15, -0.1) is 11.3 Å². The summed E-state index contributed by atoms with van der Waals surface area (Å²) in [5.74, 6) is 0. The van der Waals surface area contributed by atoms with Gasteiger partial charge in [-0.2, -0.15) is 0 Å². The molecule has 12 heavy (non-hydrogen) atoms. The first-order chi connectivity index (χ1) is 5.77. The minimum atomic E-state index is 1.16. The molecule has 1 heterocycles. The first-order valence-corrected chi connectivity index (χ1v) is 5.06. The van der Waals surface area contributed by atoms with Crippen molar-refractivity contribution < 1.29 is 0 Å². The van der Waals surface area contributed by atoms with E-state index in [1.807, 2.05) is 11.3 Å². The molecule has 0 radical (unpaired) electrons. The summed E-state index contributed by atoms with van der Waals surface area (Å²) in [5.41, 5.74) is 4.44. The van der Waals surface area contributed by atoms with Crippen LogP contribution in [0, 0.1) is 0 Å². The van der Waals surface area contributed by atoms with Crippen molar-refractivity contribution in [2.24, 2.45) is 0 Å². The summed E-state index contributed by atoms with van der Waals surface area (Å²) in [4.78, 5) is 1.41. The van der Waals surface area contributed by atoms with Crippen molar-refractivity contribution in [3.05, 3.63) is 39.6 Å². The van der Waals surface area contributed by atoms with Crippen LogP contribution in [0.4, 0.5) is 0 Å². The average molecular weight is 176 g/mol. The Morgan fingerprint density at radius 1 is 1.33 bits per heavy atom. The summed E-state index contributed by atoms with van der Waals surface area (Å²) in [5, 5.41) is 2.14. The Hall–Kier alpha value is -0.820. The van der Waals surface area contributed by atoms with Gasteiger partial charge in [-0.25, -0.2) is 0 Å². The molecule has 0 N–H and O–H groups in total. The summed E-state index contributed by atoms with van der Waals surface area (Å²) >= 11 is 1.82. The lowest BCUT2D eigenvalue weighted by Gasteiger charge is -1.96. The molecular formula is C11H12S. The molecule has 1 aromatic heterocycles. The molecule has 1 heteroatoms. The molecule has 0 saturated heterocycles. The van der Waals surface area contributed by atoms with E-state index in [2.05, 4.69) is 37.4 Å². The molecule has 0 bridgehead atoms. The van der Waals surface area contributed by atoms with Crippen LogP contribution >= 0.6 is 11.3 Å². The lowest BCUT2D eigenvalue weighted by atomic mass is 10.1. The largest absolute Gasteiger partial charge is 0.144 e. The van der Waals surface area contributed by atoms with Crippen LogP contribution in [0.5, 0.6) is 0 Å². The van der Waals surface area contributed by atoms with Crippen LogP contribution < -0.4 is 0 Å². The van der Waals surface area contributed by atoms with Gasteiger partial charge in [0.1, 0.15) is 0 Å². The zero-order valence-corrected chi connectivity index (χ0v) is 8.24. The highest BCUT2D eigenvalue weighted by atomic mass is 32.1. The van der Waals surface area contributed by atoms with Crippen molar-refractivity contribution in [1.82, 2.24) is 0 Å². The van der Waals surface area contributed by atoms with Crippen molar-refractivity contribution >= 4 is 16.9 Å². The van der Waals surface area contributed by atoms with Crippen molar-refractivity contribution in [3.8, 4) is 0 Å². The van der Waals surface area contributed by atoms with Crippen molar-refractivity contribution in [2.45, 2.75) is 20.3 Å². The van der Waals surface area contributed by atoms with Gasteiger partial charge in [0.2, 0.25) is 0 Å². The molecule has 62 valence electrons. The van der Waals surface area contributed by atoms with E-state index < -0.39 is 0 Å². The summed E-state index contributed by atoms with van der Waals surface area (Å²) in [7, 11) is 0. The first-order valence-electron chi connectivity index (χ1n) is 4.18. The summed E-state index contributed by atoms with van der Waals surface area (Å²) in [6, 6.07) is 4.31. The van der Waals surface area contributed by atoms with Gasteiger partial charge in [-0.05, 0) is 37.3 Å². The van der Waals surface area contributed by atoms with E-state index in [1.165, 1.54) is 21.6 Å². The molecule has 1 aliphatic carbocycles. The third-order valence-electron chi connectivity index (χ3n) is 2.18. The fourth-order valence-electron chi connectivity index (χ4n) is 1.65. The highest BCUT2D eigenvalue weighted by molar-refractivity contribution is 7.11. The Kier molecular flexibility index (Phi) is 1.89. The fourth-order valence-corrected chi connectivity index (χ4v) is 2.47. The van der Waals surface area contributed by atoms with E-state index in [4.69, 9.17) is 0 Å². The van der Waals surface area contributed by atoms with E-state index in [1.54, 1.807) is 0 Å². The molecular weight excluding hydrogens is 164 g/mol. The van der Waals surface area contributed by atoms with E-state index >= 15 is 0 Å². The van der Waals surface area contributed by atoms with E-state index in [0.717, 1.165) is 6.42 Å². The normalized spacial score (nSPS) is 17.0. The molecule has 1 aliphatic rings. The van der Waals surface area contributed by atoms with Crippen LogP contribution in [0.15, 0.2) is 34.7 Å². The lowest BCUT2D eigenvalue weighted by molar-refractivity contribution is 1.15. The average Bonchev–Trinajstić information content (AvgIpc) is 2.58. The van der Waals surface area contributed by atoms with Crippen LogP contribution in [0.3, 0.4) is 0 Å². The smallest absolute Gasteiger partial charge is 0.0342 e. The Morgan fingerprint density at radius 3 is 2.67 bits per heavy atom. The molecule has 1 aromatic rings. The fraction of sp³-hybridized carbons (Fsp3) is 0.273. The first kappa shape index (κ1) is 7.81. The highest BCUT2D eigenvalue weighted by Gasteiger charge is 2.11. The second-order valence-corrected chi connectivity index (χ2v) is 4.29. The van der Waals surface area contributed by atoms with Crippen LogP contribution in [0.25, 0.3) is 5.57 Å². The maximum absolute atomic E-state index is 2.31. The molecule has 0 atom stereocenters. The number of hydrogen-bond acceptors (Lipinski definition) is 1. The maximum atomic E-state index is 2.31. The predicted octanol–water partition coefficient (Wildman–Crippen LogP) is 3.87. The molecule has 0 aromatic carbocycles. The van der Waals surface area contributed by atoms with E-state index in [-0.39, 0.29) is 0 Å². The van der Waals surface area contributed by atoms with Gasteiger partial charge in [0.15, 0.2) is 0 Å². The van der Waals surface area contributed by atoms with Crippen molar-refractivity contribution in [2.75, 3.05) is 0 Å². The SMILES string of the molecule is CC1=CC(c2cccs2)=C(C)C1. The zero-order valence-electron chi connectivity index (χ0n) is 7.42. The second kappa shape index (κ2) is 2.91. The van der Waals surface area contributed by atoms with Gasteiger partial charge < -0.3 is 0 Å². The van der Waals surface area contributed by atoms with E-state index in [9.17, 15) is 0 Å². The highest BCUT2D eigenvalue weighted by Crippen LogP contribution is 2.33. The third kappa shape index (κ3) is 1.25. The van der Waals surface area contributed by atoms with Crippen LogP contribution in [0.2, 0.25) is 0 Å². The van der Waals surface area contributed by atoms with Gasteiger partial charge in [-0.3, -0.25) is 0 Å². The molecule has 0 amide bonds. The molecule has 0 nitrogen and oxygen atoms in total. The molecule has 2 rings (SSSR count). The summed E-state index contributed by atoms with van der Waals surface area (Å²) in [6.07, 6.45) is 3.47. The Balaban J connectivity index is 2.42. The molecule has 0 aliphatic heterocycles. The van der Waals surface area contributed by atoms with Crippen LogP contribution in [-0.2, 0) is 0 Å². The maximum Gasteiger partial charge on any atom is 0.0342 e. The second-order valence-electron chi connectivity index (χ2n) is 3.34. The summed E-state index contributed by atoms with van der Waals surface area (Å²) in [6.45, 7) is 4.42. The third-order valence-corrected chi connectivity index (χ3v) is 3.08. The lowest BCUT2D eigenvalue weighted by Crippen LogP contribution is -1.74. The number of allylic oxidation sites excluding steroid dienone is 4.